The van der Waals surface area contributed by atoms with Gasteiger partial charge in [0.05, 0.1) is 0 Å². The zero-order chi connectivity index (χ0) is 21.6. The number of carbonyl (C=O) groups is 2. The molecule has 1 saturated heterocycles. The number of piperazine rings is 1. The molecule has 0 aromatic heterocycles. The SMILES string of the molecule is CC(=O)N1c2ccc(N3CCN(C(=O)OC(C)(C)C)CC3)cc2CC(C)[C@@H]1C1CC1. The summed E-state index contributed by atoms with van der Waals surface area (Å²) in [5.41, 5.74) is 3.07. The van der Waals surface area contributed by atoms with Crippen molar-refractivity contribution >= 4 is 23.4 Å². The van der Waals surface area contributed by atoms with Crippen molar-refractivity contribution in [2.45, 2.75) is 65.5 Å². The van der Waals surface area contributed by atoms with Crippen LogP contribution in [-0.4, -0.2) is 54.7 Å². The second-order valence-corrected chi connectivity index (χ2v) is 10.2. The van der Waals surface area contributed by atoms with Crippen molar-refractivity contribution in [3.8, 4) is 0 Å². The van der Waals surface area contributed by atoms with Crippen LogP contribution in [0.1, 0.15) is 53.0 Å². The molecule has 0 N–H and O–H groups in total. The lowest BCUT2D eigenvalue weighted by Gasteiger charge is -2.42. The van der Waals surface area contributed by atoms with Gasteiger partial charge in [-0.25, -0.2) is 4.79 Å². The number of fused-ring (bicyclic) bond motifs is 1. The molecular weight excluding hydrogens is 378 g/mol. The van der Waals surface area contributed by atoms with Crippen LogP contribution in [0.5, 0.6) is 0 Å². The van der Waals surface area contributed by atoms with E-state index in [1.165, 1.54) is 24.1 Å². The van der Waals surface area contributed by atoms with Crippen molar-refractivity contribution in [3.05, 3.63) is 23.8 Å². The highest BCUT2D eigenvalue weighted by molar-refractivity contribution is 5.94. The Balaban J connectivity index is 1.47. The summed E-state index contributed by atoms with van der Waals surface area (Å²) in [5, 5.41) is 0. The smallest absolute Gasteiger partial charge is 0.410 e. The molecule has 2 amide bonds. The summed E-state index contributed by atoms with van der Waals surface area (Å²) in [6, 6.07) is 6.87. The van der Waals surface area contributed by atoms with Gasteiger partial charge in [-0.2, -0.15) is 0 Å². The number of anilines is 2. The van der Waals surface area contributed by atoms with Crippen LogP contribution in [0.15, 0.2) is 18.2 Å². The second kappa shape index (κ2) is 7.78. The maximum Gasteiger partial charge on any atom is 0.410 e. The summed E-state index contributed by atoms with van der Waals surface area (Å²) in [4.78, 5) is 31.0. The van der Waals surface area contributed by atoms with Gasteiger partial charge in [0.2, 0.25) is 5.91 Å². The largest absolute Gasteiger partial charge is 0.444 e. The van der Waals surface area contributed by atoms with E-state index in [2.05, 4.69) is 34.9 Å². The fourth-order valence-electron chi connectivity index (χ4n) is 5.02. The fraction of sp³-hybridized carbons (Fsp3) is 0.667. The summed E-state index contributed by atoms with van der Waals surface area (Å²) < 4.78 is 5.50. The minimum atomic E-state index is -0.468. The van der Waals surface area contributed by atoms with E-state index in [0.29, 0.717) is 31.0 Å². The van der Waals surface area contributed by atoms with E-state index in [1.807, 2.05) is 20.8 Å². The van der Waals surface area contributed by atoms with Gasteiger partial charge in [0.15, 0.2) is 0 Å². The number of hydrogen-bond acceptors (Lipinski definition) is 4. The first kappa shape index (κ1) is 21.0. The van der Waals surface area contributed by atoms with Gasteiger partial charge in [0.1, 0.15) is 5.60 Å². The molecule has 2 heterocycles. The maximum absolute atomic E-state index is 12.5. The topological polar surface area (TPSA) is 53.1 Å². The number of amides is 2. The predicted octanol–water partition coefficient (Wildman–Crippen LogP) is 4.07. The predicted molar refractivity (Wildman–Crippen MR) is 119 cm³/mol. The van der Waals surface area contributed by atoms with Gasteiger partial charge in [-0.3, -0.25) is 4.79 Å². The Bertz CT molecular complexity index is 819. The summed E-state index contributed by atoms with van der Waals surface area (Å²) in [6.07, 6.45) is 3.28. The van der Waals surface area contributed by atoms with E-state index in [-0.39, 0.29) is 12.0 Å². The quantitative estimate of drug-likeness (QED) is 0.733. The van der Waals surface area contributed by atoms with E-state index >= 15 is 0 Å². The Kier molecular flexibility index (Phi) is 5.45. The van der Waals surface area contributed by atoms with Crippen LogP contribution in [0.2, 0.25) is 0 Å². The highest BCUT2D eigenvalue weighted by atomic mass is 16.6. The number of rotatable bonds is 2. The second-order valence-electron chi connectivity index (χ2n) is 10.2. The van der Waals surface area contributed by atoms with Gasteiger partial charge in [-0.1, -0.05) is 6.92 Å². The lowest BCUT2D eigenvalue weighted by molar-refractivity contribution is -0.117. The molecule has 1 unspecified atom stereocenters. The molecule has 3 aliphatic rings. The molecule has 1 aromatic rings. The molecule has 164 valence electrons. The van der Waals surface area contributed by atoms with Crippen LogP contribution in [0.25, 0.3) is 0 Å². The lowest BCUT2D eigenvalue weighted by Crippen LogP contribution is -2.50. The Morgan fingerprint density at radius 3 is 2.30 bits per heavy atom. The van der Waals surface area contributed by atoms with Gasteiger partial charge in [0.25, 0.3) is 0 Å². The molecule has 0 radical (unpaired) electrons. The van der Waals surface area contributed by atoms with Crippen molar-refractivity contribution in [2.75, 3.05) is 36.0 Å². The highest BCUT2D eigenvalue weighted by Gasteiger charge is 2.43. The van der Waals surface area contributed by atoms with Crippen LogP contribution in [0.4, 0.5) is 16.2 Å². The van der Waals surface area contributed by atoms with Crippen LogP contribution in [-0.2, 0) is 16.0 Å². The molecule has 6 nitrogen and oxygen atoms in total. The average molecular weight is 414 g/mol. The third-order valence-electron chi connectivity index (χ3n) is 6.49. The van der Waals surface area contributed by atoms with Crippen molar-refractivity contribution in [2.24, 2.45) is 11.8 Å². The summed E-state index contributed by atoms with van der Waals surface area (Å²) >= 11 is 0. The summed E-state index contributed by atoms with van der Waals surface area (Å²) in [7, 11) is 0. The maximum atomic E-state index is 12.5. The molecule has 1 aliphatic carbocycles. The molecule has 4 rings (SSSR count). The molecule has 30 heavy (non-hydrogen) atoms. The Hall–Kier alpha value is -2.24. The molecule has 0 spiro atoms. The number of carbonyl (C=O) groups excluding carboxylic acids is 2. The first-order chi connectivity index (χ1) is 14.1. The van der Waals surface area contributed by atoms with Gasteiger partial charge in [-0.15, -0.1) is 0 Å². The first-order valence-corrected chi connectivity index (χ1v) is 11.3. The fourth-order valence-corrected chi connectivity index (χ4v) is 5.02. The normalized spacial score (nSPS) is 24.5. The van der Waals surface area contributed by atoms with Gasteiger partial charge < -0.3 is 19.4 Å². The van der Waals surface area contributed by atoms with Crippen LogP contribution < -0.4 is 9.80 Å². The van der Waals surface area contributed by atoms with E-state index in [4.69, 9.17) is 4.74 Å². The first-order valence-electron chi connectivity index (χ1n) is 11.3. The molecular formula is C24H35N3O3. The van der Waals surface area contributed by atoms with Crippen LogP contribution in [0, 0.1) is 11.8 Å². The van der Waals surface area contributed by atoms with E-state index in [1.54, 1.807) is 11.8 Å². The Morgan fingerprint density at radius 2 is 1.73 bits per heavy atom. The number of hydrogen-bond donors (Lipinski definition) is 0. The van der Waals surface area contributed by atoms with Crippen LogP contribution >= 0.6 is 0 Å². The summed E-state index contributed by atoms with van der Waals surface area (Å²) in [6.45, 7) is 12.6. The third kappa shape index (κ3) is 4.28. The molecule has 2 fully saturated rings. The molecule has 0 bridgehead atoms. The van der Waals surface area contributed by atoms with Crippen molar-refractivity contribution in [3.63, 3.8) is 0 Å². The molecule has 6 heteroatoms. The van der Waals surface area contributed by atoms with Crippen LogP contribution in [0.3, 0.4) is 0 Å². The highest BCUT2D eigenvalue weighted by Crippen LogP contribution is 2.46. The third-order valence-corrected chi connectivity index (χ3v) is 6.49. The van der Waals surface area contributed by atoms with Gasteiger partial charge in [0, 0.05) is 50.5 Å². The number of nitrogens with zero attached hydrogens (tertiary/aromatic N) is 3. The number of ether oxygens (including phenoxy) is 1. The van der Waals surface area contributed by atoms with E-state index in [9.17, 15) is 9.59 Å². The lowest BCUT2D eigenvalue weighted by atomic mass is 9.84. The molecule has 2 aliphatic heterocycles. The minimum absolute atomic E-state index is 0.151. The standard InChI is InChI=1S/C24H35N3O3/c1-16-14-19-15-20(8-9-21(19)27(17(2)28)22(16)18-6-7-18)25-10-12-26(13-11-25)23(29)30-24(3,4)5/h8-9,15-16,18,22H,6-7,10-14H2,1-5H3/t16?,22-/m1/s1. The Morgan fingerprint density at radius 1 is 1.07 bits per heavy atom. The summed E-state index contributed by atoms with van der Waals surface area (Å²) in [5.74, 6) is 1.30. The van der Waals surface area contributed by atoms with Crippen molar-refractivity contribution in [1.82, 2.24) is 4.90 Å². The van der Waals surface area contributed by atoms with Crippen molar-refractivity contribution < 1.29 is 14.3 Å². The monoisotopic (exact) mass is 413 g/mol. The zero-order valence-electron chi connectivity index (χ0n) is 19.0. The van der Waals surface area contributed by atoms with Gasteiger partial charge in [-0.05, 0) is 75.6 Å². The molecule has 1 aromatic carbocycles. The average Bonchev–Trinajstić information content (AvgIpc) is 3.50. The molecule has 2 atom stereocenters. The zero-order valence-corrected chi connectivity index (χ0v) is 19.0. The van der Waals surface area contributed by atoms with E-state index < -0.39 is 5.60 Å². The Labute approximate surface area is 180 Å². The minimum Gasteiger partial charge on any atom is -0.444 e. The number of benzene rings is 1. The van der Waals surface area contributed by atoms with Gasteiger partial charge >= 0.3 is 6.09 Å². The molecule has 1 saturated carbocycles. The van der Waals surface area contributed by atoms with E-state index in [0.717, 1.165) is 25.2 Å². The van der Waals surface area contributed by atoms with Crippen molar-refractivity contribution in [1.29, 1.82) is 0 Å².